The average Bonchev–Trinajstić information content (AvgIpc) is 2.85. The molecule has 0 heterocycles. The van der Waals surface area contributed by atoms with E-state index in [0.29, 0.717) is 22.8 Å². The fraction of sp³-hybridized carbons (Fsp3) is 0.0833. The number of hydrogen-bond donors (Lipinski definition) is 2. The van der Waals surface area contributed by atoms with E-state index in [1.165, 1.54) is 18.2 Å². The molecule has 0 amide bonds. The topological polar surface area (TPSA) is 167 Å². The molecule has 190 valence electrons. The van der Waals surface area contributed by atoms with Crippen molar-refractivity contribution in [1.29, 1.82) is 0 Å². The maximum atomic E-state index is 11.9. The van der Waals surface area contributed by atoms with Crippen molar-refractivity contribution in [3.8, 4) is 5.75 Å². The Labute approximate surface area is 212 Å². The van der Waals surface area contributed by atoms with Crippen LogP contribution in [0.15, 0.2) is 103 Å². The molecular formula is C24H20N4O7S2. The van der Waals surface area contributed by atoms with Crippen LogP contribution in [0.25, 0.3) is 10.8 Å². The minimum atomic E-state index is -4.75. The van der Waals surface area contributed by atoms with Crippen molar-refractivity contribution < 1.29 is 30.7 Å². The highest BCUT2D eigenvalue weighted by Gasteiger charge is 2.21. The summed E-state index contributed by atoms with van der Waals surface area (Å²) in [4.78, 5) is -1.11. The zero-order chi connectivity index (χ0) is 26.8. The van der Waals surface area contributed by atoms with Crippen molar-refractivity contribution in [3.05, 3.63) is 78.4 Å². The lowest BCUT2D eigenvalue weighted by molar-refractivity contribution is 0.415. The molecule has 0 atom stereocenters. The van der Waals surface area contributed by atoms with Gasteiger partial charge >= 0.3 is 0 Å². The first-order chi connectivity index (χ1) is 17.5. The van der Waals surface area contributed by atoms with E-state index < -0.39 is 30.0 Å². The molecule has 0 aliphatic heterocycles. The molecule has 4 rings (SSSR count). The molecule has 0 saturated carbocycles. The first kappa shape index (κ1) is 26.0. The number of ether oxygens (including phenoxy) is 1. The molecule has 0 aromatic heterocycles. The zero-order valence-corrected chi connectivity index (χ0v) is 21.1. The van der Waals surface area contributed by atoms with E-state index in [1.54, 1.807) is 37.4 Å². The van der Waals surface area contributed by atoms with Crippen molar-refractivity contribution in [1.82, 2.24) is 0 Å². The van der Waals surface area contributed by atoms with Crippen LogP contribution in [0.5, 0.6) is 5.75 Å². The number of nitrogens with zero attached hydrogens (tertiary/aromatic N) is 4. The number of fused-ring (bicyclic) bond motifs is 1. The van der Waals surface area contributed by atoms with E-state index in [1.807, 2.05) is 19.1 Å². The van der Waals surface area contributed by atoms with Crippen molar-refractivity contribution in [2.24, 2.45) is 20.5 Å². The number of rotatable bonds is 7. The van der Waals surface area contributed by atoms with Gasteiger partial charge in [0.2, 0.25) is 0 Å². The normalized spacial score (nSPS) is 12.5. The van der Waals surface area contributed by atoms with Gasteiger partial charge in [0.25, 0.3) is 20.2 Å². The Balaban J connectivity index is 1.66. The van der Waals surface area contributed by atoms with E-state index in [9.17, 15) is 25.9 Å². The lowest BCUT2D eigenvalue weighted by Crippen LogP contribution is -2.03. The van der Waals surface area contributed by atoms with Crippen LogP contribution in [-0.2, 0) is 20.2 Å². The van der Waals surface area contributed by atoms with Gasteiger partial charge in [0.05, 0.1) is 24.2 Å². The summed E-state index contributed by atoms with van der Waals surface area (Å²) < 4.78 is 72.0. The Kier molecular flexibility index (Phi) is 7.14. The summed E-state index contributed by atoms with van der Waals surface area (Å²) in [6.45, 7) is 1.93. The summed E-state index contributed by atoms with van der Waals surface area (Å²) in [7, 11) is -7.90. The number of azo groups is 2. The largest absolute Gasteiger partial charge is 0.494 e. The fourth-order valence-corrected chi connectivity index (χ4v) is 4.92. The van der Waals surface area contributed by atoms with Gasteiger partial charge in [0.1, 0.15) is 21.2 Å². The summed E-state index contributed by atoms with van der Waals surface area (Å²) in [5, 5.41) is 16.2. The van der Waals surface area contributed by atoms with Gasteiger partial charge in [-0.2, -0.15) is 32.2 Å². The predicted molar refractivity (Wildman–Crippen MR) is 136 cm³/mol. The predicted octanol–water partition coefficient (Wildman–Crippen LogP) is 6.48. The average molecular weight is 541 g/mol. The van der Waals surface area contributed by atoms with E-state index in [2.05, 4.69) is 20.5 Å². The van der Waals surface area contributed by atoms with Crippen LogP contribution in [0.3, 0.4) is 0 Å². The van der Waals surface area contributed by atoms with Crippen LogP contribution >= 0.6 is 0 Å². The summed E-state index contributed by atoms with van der Waals surface area (Å²) in [5.41, 5.74) is 2.41. The van der Waals surface area contributed by atoms with E-state index in [0.717, 1.165) is 17.7 Å². The molecule has 0 fully saturated rings. The van der Waals surface area contributed by atoms with Gasteiger partial charge in [0, 0.05) is 10.8 Å². The highest BCUT2D eigenvalue weighted by atomic mass is 32.2. The molecule has 2 N–H and O–H groups in total. The van der Waals surface area contributed by atoms with E-state index in [4.69, 9.17) is 4.74 Å². The molecular weight excluding hydrogens is 520 g/mol. The molecule has 13 heteroatoms. The molecule has 4 aromatic rings. The highest BCUT2D eigenvalue weighted by molar-refractivity contribution is 7.86. The third-order valence-electron chi connectivity index (χ3n) is 5.20. The molecule has 0 radical (unpaired) electrons. The van der Waals surface area contributed by atoms with Crippen LogP contribution in [0.2, 0.25) is 0 Å². The Bertz CT molecular complexity index is 1770. The molecule has 11 nitrogen and oxygen atoms in total. The maximum Gasteiger partial charge on any atom is 0.295 e. The Hall–Kier alpha value is -4.04. The lowest BCUT2D eigenvalue weighted by atomic mass is 10.1. The Morgan fingerprint density at radius 3 is 1.84 bits per heavy atom. The van der Waals surface area contributed by atoms with Crippen molar-refractivity contribution in [2.45, 2.75) is 16.7 Å². The summed E-state index contributed by atoms with van der Waals surface area (Å²) in [5.74, 6) is 0.580. The van der Waals surface area contributed by atoms with Gasteiger partial charge in [0.15, 0.2) is 0 Å². The van der Waals surface area contributed by atoms with Crippen molar-refractivity contribution in [3.63, 3.8) is 0 Å². The van der Waals surface area contributed by atoms with Gasteiger partial charge in [-0.15, -0.1) is 5.11 Å². The van der Waals surface area contributed by atoms with Gasteiger partial charge < -0.3 is 4.74 Å². The Morgan fingerprint density at radius 1 is 0.649 bits per heavy atom. The molecule has 0 aliphatic carbocycles. The Morgan fingerprint density at radius 2 is 1.24 bits per heavy atom. The van der Waals surface area contributed by atoms with Crippen molar-refractivity contribution >= 4 is 53.8 Å². The van der Waals surface area contributed by atoms with Gasteiger partial charge in [-0.05, 0) is 67.1 Å². The standard InChI is InChI=1S/C24H20N4O7S2/c1-15-6-11-22(35-2)21(12-15)28-26-17-9-7-16(8-10-17)25-27-18-13-20-19(24(14-18)37(32,33)34)4-3-5-23(20)36(29,30)31/h3-14H,1-2H3,(H,29,30,31)(H,32,33,34). The molecule has 37 heavy (non-hydrogen) atoms. The first-order valence-electron chi connectivity index (χ1n) is 10.6. The van der Waals surface area contributed by atoms with E-state index >= 15 is 0 Å². The van der Waals surface area contributed by atoms with Crippen LogP contribution < -0.4 is 4.74 Å². The van der Waals surface area contributed by atoms with E-state index in [-0.39, 0.29) is 16.5 Å². The summed E-state index contributed by atoms with van der Waals surface area (Å²) in [6.07, 6.45) is 0. The molecule has 0 aliphatic rings. The number of benzene rings is 4. The monoisotopic (exact) mass is 540 g/mol. The summed E-state index contributed by atoms with van der Waals surface area (Å²) in [6, 6.07) is 17.9. The second-order valence-electron chi connectivity index (χ2n) is 7.84. The molecule has 0 spiro atoms. The number of hydrogen-bond acceptors (Lipinski definition) is 9. The molecule has 0 unspecified atom stereocenters. The SMILES string of the molecule is COc1ccc(C)cc1N=Nc1ccc(N=Nc2cc(S(=O)(=O)O)c3cccc(S(=O)(=O)O)c3c2)cc1. The first-order valence-corrected chi connectivity index (χ1v) is 13.4. The third-order valence-corrected chi connectivity index (χ3v) is 7.00. The maximum absolute atomic E-state index is 11.9. The number of aryl methyl sites for hydroxylation is 1. The second-order valence-corrected chi connectivity index (χ2v) is 10.6. The molecule has 4 aromatic carbocycles. The van der Waals surface area contributed by atoms with Gasteiger partial charge in [-0.3, -0.25) is 9.11 Å². The zero-order valence-electron chi connectivity index (χ0n) is 19.5. The van der Waals surface area contributed by atoms with Gasteiger partial charge in [-0.25, -0.2) is 0 Å². The van der Waals surface area contributed by atoms with Crippen molar-refractivity contribution in [2.75, 3.05) is 7.11 Å². The fourth-order valence-electron chi connectivity index (χ4n) is 3.50. The number of methoxy groups -OCH3 is 1. The third kappa shape index (κ3) is 6.03. The van der Waals surface area contributed by atoms with Crippen LogP contribution in [0, 0.1) is 6.92 Å². The van der Waals surface area contributed by atoms with Crippen LogP contribution in [-0.4, -0.2) is 33.1 Å². The lowest BCUT2D eigenvalue weighted by Gasteiger charge is -2.08. The van der Waals surface area contributed by atoms with Gasteiger partial charge in [-0.1, -0.05) is 18.2 Å². The summed E-state index contributed by atoms with van der Waals surface area (Å²) >= 11 is 0. The molecule has 0 bridgehead atoms. The smallest absolute Gasteiger partial charge is 0.295 e. The highest BCUT2D eigenvalue weighted by Crippen LogP contribution is 2.34. The minimum Gasteiger partial charge on any atom is -0.494 e. The van der Waals surface area contributed by atoms with Crippen LogP contribution in [0.1, 0.15) is 5.56 Å². The minimum absolute atomic E-state index is 0.0634. The molecule has 0 saturated heterocycles. The van der Waals surface area contributed by atoms with Crippen LogP contribution in [0.4, 0.5) is 22.7 Å². The quantitative estimate of drug-likeness (QED) is 0.200. The second kappa shape index (κ2) is 10.1.